The van der Waals surface area contributed by atoms with Gasteiger partial charge in [0.25, 0.3) is 0 Å². The van der Waals surface area contributed by atoms with Gasteiger partial charge in [-0.05, 0) is 30.2 Å². The first-order valence-corrected chi connectivity index (χ1v) is 6.34. The second-order valence-electron chi connectivity index (χ2n) is 4.74. The number of nitrogens with zero attached hydrogens (tertiary/aromatic N) is 1. The predicted octanol–water partition coefficient (Wildman–Crippen LogP) is 4.18. The lowest BCUT2D eigenvalue weighted by Gasteiger charge is -2.06. The van der Waals surface area contributed by atoms with Crippen molar-refractivity contribution in [3.63, 3.8) is 0 Å². The summed E-state index contributed by atoms with van der Waals surface area (Å²) in [7, 11) is 0. The molecule has 2 N–H and O–H groups in total. The molecule has 2 aromatic carbocycles. The van der Waals surface area contributed by atoms with Gasteiger partial charge in [-0.15, -0.1) is 0 Å². The van der Waals surface area contributed by atoms with Gasteiger partial charge >= 0.3 is 0 Å². The third-order valence-corrected chi connectivity index (χ3v) is 3.27. The van der Waals surface area contributed by atoms with Gasteiger partial charge in [0.15, 0.2) is 0 Å². The van der Waals surface area contributed by atoms with E-state index in [0.29, 0.717) is 16.8 Å². The zero-order chi connectivity index (χ0) is 15.0. The van der Waals surface area contributed by atoms with Crippen LogP contribution in [0.3, 0.4) is 0 Å². The van der Waals surface area contributed by atoms with Crippen LogP contribution < -0.4 is 5.73 Å². The molecule has 1 aromatic heterocycles. The summed E-state index contributed by atoms with van der Waals surface area (Å²) in [6, 6.07) is 10.7. The standard InChI is InChI=1S/C16H12F2N2O/c1-9-4-2-3-5-13(9)15-14(16(19)21-20-15)10-6-11(17)8-12(18)7-10/h2-8H,19H2,1H3. The molecule has 1 heterocycles. The molecular formula is C16H12F2N2O. The molecule has 0 saturated heterocycles. The number of nitrogen functional groups attached to an aromatic ring is 1. The number of aryl methyl sites for hydroxylation is 1. The van der Waals surface area contributed by atoms with Crippen LogP contribution in [0.25, 0.3) is 22.4 Å². The van der Waals surface area contributed by atoms with Crippen LogP contribution in [0.1, 0.15) is 5.56 Å². The van der Waals surface area contributed by atoms with E-state index in [9.17, 15) is 8.78 Å². The van der Waals surface area contributed by atoms with Crippen LogP contribution in [0.2, 0.25) is 0 Å². The largest absolute Gasteiger partial charge is 0.367 e. The molecule has 0 aliphatic carbocycles. The van der Waals surface area contributed by atoms with Gasteiger partial charge in [-0.2, -0.15) is 0 Å². The zero-order valence-corrected chi connectivity index (χ0v) is 11.2. The molecule has 0 bridgehead atoms. The van der Waals surface area contributed by atoms with Gasteiger partial charge in [0.1, 0.15) is 17.3 Å². The summed E-state index contributed by atoms with van der Waals surface area (Å²) in [4.78, 5) is 0. The van der Waals surface area contributed by atoms with Crippen LogP contribution in [-0.2, 0) is 0 Å². The maximum Gasteiger partial charge on any atom is 0.230 e. The number of halogens is 2. The first-order valence-electron chi connectivity index (χ1n) is 6.34. The first kappa shape index (κ1) is 13.3. The highest BCUT2D eigenvalue weighted by molar-refractivity contribution is 5.87. The molecule has 0 atom stereocenters. The smallest absolute Gasteiger partial charge is 0.230 e. The number of anilines is 1. The Balaban J connectivity index is 2.25. The van der Waals surface area contributed by atoms with E-state index in [-0.39, 0.29) is 5.88 Å². The van der Waals surface area contributed by atoms with Gasteiger partial charge < -0.3 is 10.3 Å². The Morgan fingerprint density at radius 2 is 1.71 bits per heavy atom. The molecule has 106 valence electrons. The van der Waals surface area contributed by atoms with Crippen molar-refractivity contribution in [3.05, 3.63) is 59.7 Å². The molecule has 0 radical (unpaired) electrons. The van der Waals surface area contributed by atoms with Crippen molar-refractivity contribution in [1.29, 1.82) is 0 Å². The second kappa shape index (κ2) is 5.01. The molecule has 3 rings (SSSR count). The van der Waals surface area contributed by atoms with E-state index < -0.39 is 11.6 Å². The summed E-state index contributed by atoms with van der Waals surface area (Å²) in [6.07, 6.45) is 0. The van der Waals surface area contributed by atoms with Crippen molar-refractivity contribution in [3.8, 4) is 22.4 Å². The molecule has 0 fully saturated rings. The van der Waals surface area contributed by atoms with Crippen LogP contribution in [0.4, 0.5) is 14.7 Å². The molecule has 3 aromatic rings. The Morgan fingerprint density at radius 1 is 1.05 bits per heavy atom. The number of nitrogens with two attached hydrogens (primary N) is 1. The first-order chi connectivity index (χ1) is 10.1. The molecule has 0 saturated carbocycles. The number of hydrogen-bond donors (Lipinski definition) is 1. The van der Waals surface area contributed by atoms with Gasteiger partial charge in [-0.3, -0.25) is 0 Å². The van der Waals surface area contributed by atoms with Gasteiger partial charge in [0.2, 0.25) is 5.88 Å². The highest BCUT2D eigenvalue weighted by Gasteiger charge is 2.19. The van der Waals surface area contributed by atoms with Crippen molar-refractivity contribution in [2.75, 3.05) is 5.73 Å². The van der Waals surface area contributed by atoms with Crippen molar-refractivity contribution in [1.82, 2.24) is 5.16 Å². The fourth-order valence-corrected chi connectivity index (χ4v) is 2.30. The van der Waals surface area contributed by atoms with E-state index in [0.717, 1.165) is 17.2 Å². The van der Waals surface area contributed by atoms with E-state index in [1.807, 2.05) is 31.2 Å². The number of hydrogen-bond acceptors (Lipinski definition) is 3. The molecule has 0 unspecified atom stereocenters. The highest BCUT2D eigenvalue weighted by Crippen LogP contribution is 2.37. The van der Waals surface area contributed by atoms with Gasteiger partial charge in [-0.1, -0.05) is 29.4 Å². The average Bonchev–Trinajstić information content (AvgIpc) is 2.80. The summed E-state index contributed by atoms with van der Waals surface area (Å²) in [6.45, 7) is 1.91. The summed E-state index contributed by atoms with van der Waals surface area (Å²) in [5, 5.41) is 3.94. The maximum absolute atomic E-state index is 13.4. The van der Waals surface area contributed by atoms with Crippen LogP contribution in [0.15, 0.2) is 47.0 Å². The van der Waals surface area contributed by atoms with Gasteiger partial charge in [0, 0.05) is 11.6 Å². The Kier molecular flexibility index (Phi) is 3.17. The Labute approximate surface area is 120 Å². The SMILES string of the molecule is Cc1ccccc1-c1noc(N)c1-c1cc(F)cc(F)c1. The number of rotatable bonds is 2. The van der Waals surface area contributed by atoms with E-state index in [1.165, 1.54) is 12.1 Å². The van der Waals surface area contributed by atoms with Crippen molar-refractivity contribution < 1.29 is 13.3 Å². The highest BCUT2D eigenvalue weighted by atomic mass is 19.1. The lowest BCUT2D eigenvalue weighted by atomic mass is 9.98. The van der Waals surface area contributed by atoms with Crippen LogP contribution >= 0.6 is 0 Å². The van der Waals surface area contributed by atoms with Gasteiger partial charge in [-0.25, -0.2) is 8.78 Å². The monoisotopic (exact) mass is 286 g/mol. The molecule has 3 nitrogen and oxygen atoms in total. The summed E-state index contributed by atoms with van der Waals surface area (Å²) in [5.41, 5.74) is 8.71. The van der Waals surface area contributed by atoms with E-state index in [2.05, 4.69) is 5.16 Å². The third-order valence-electron chi connectivity index (χ3n) is 3.27. The fraction of sp³-hybridized carbons (Fsp3) is 0.0625. The van der Waals surface area contributed by atoms with Crippen LogP contribution in [0.5, 0.6) is 0 Å². The minimum Gasteiger partial charge on any atom is -0.367 e. The van der Waals surface area contributed by atoms with E-state index in [1.54, 1.807) is 0 Å². The molecule has 0 spiro atoms. The third kappa shape index (κ3) is 2.38. The minimum atomic E-state index is -0.679. The van der Waals surface area contributed by atoms with E-state index in [4.69, 9.17) is 10.3 Å². The molecule has 0 aliphatic heterocycles. The quantitative estimate of drug-likeness (QED) is 0.769. The topological polar surface area (TPSA) is 52.0 Å². The maximum atomic E-state index is 13.4. The Bertz CT molecular complexity index is 792. The Hall–Kier alpha value is -2.69. The Morgan fingerprint density at radius 3 is 2.38 bits per heavy atom. The second-order valence-corrected chi connectivity index (χ2v) is 4.74. The lowest BCUT2D eigenvalue weighted by Crippen LogP contribution is -1.91. The number of aromatic nitrogens is 1. The normalized spacial score (nSPS) is 10.8. The number of benzene rings is 2. The van der Waals surface area contributed by atoms with Crippen LogP contribution in [-0.4, -0.2) is 5.16 Å². The molecule has 0 amide bonds. The fourth-order valence-electron chi connectivity index (χ4n) is 2.30. The summed E-state index contributed by atoms with van der Waals surface area (Å²) in [5.74, 6) is -1.33. The average molecular weight is 286 g/mol. The van der Waals surface area contributed by atoms with Crippen LogP contribution in [0, 0.1) is 18.6 Å². The zero-order valence-electron chi connectivity index (χ0n) is 11.2. The van der Waals surface area contributed by atoms with Crippen molar-refractivity contribution >= 4 is 5.88 Å². The van der Waals surface area contributed by atoms with Crippen molar-refractivity contribution in [2.24, 2.45) is 0 Å². The molecule has 5 heteroatoms. The van der Waals surface area contributed by atoms with Crippen molar-refractivity contribution in [2.45, 2.75) is 6.92 Å². The molecule has 0 aliphatic rings. The molecular weight excluding hydrogens is 274 g/mol. The van der Waals surface area contributed by atoms with E-state index >= 15 is 0 Å². The predicted molar refractivity (Wildman–Crippen MR) is 76.4 cm³/mol. The molecule has 21 heavy (non-hydrogen) atoms. The van der Waals surface area contributed by atoms with Gasteiger partial charge in [0.05, 0.1) is 5.56 Å². The lowest BCUT2D eigenvalue weighted by molar-refractivity contribution is 0.439. The summed E-state index contributed by atoms with van der Waals surface area (Å²) < 4.78 is 31.9. The minimum absolute atomic E-state index is 0.0262. The summed E-state index contributed by atoms with van der Waals surface area (Å²) >= 11 is 0.